The first kappa shape index (κ1) is 12.1. The zero-order chi connectivity index (χ0) is 12.1. The van der Waals surface area contributed by atoms with Crippen molar-refractivity contribution in [1.29, 1.82) is 0 Å². The van der Waals surface area contributed by atoms with Gasteiger partial charge in [0.05, 0.1) is 0 Å². The van der Waals surface area contributed by atoms with Crippen LogP contribution in [0, 0.1) is 0 Å². The molecule has 0 radical (unpaired) electrons. The number of piperidine rings is 1. The lowest BCUT2D eigenvalue weighted by atomic mass is 10.1. The van der Waals surface area contributed by atoms with Crippen LogP contribution in [0.3, 0.4) is 0 Å². The fraction of sp³-hybridized carbons (Fsp3) is 0.500. The van der Waals surface area contributed by atoms with Crippen molar-refractivity contribution in [2.75, 3.05) is 19.6 Å². The van der Waals surface area contributed by atoms with Gasteiger partial charge in [-0.2, -0.15) is 0 Å². The summed E-state index contributed by atoms with van der Waals surface area (Å²) in [5.74, 6) is 0.170. The zero-order valence-electron chi connectivity index (χ0n) is 10.2. The van der Waals surface area contributed by atoms with Crippen molar-refractivity contribution in [3.8, 4) is 0 Å². The largest absolute Gasteiger partial charge is 0.339 e. The Morgan fingerprint density at radius 2 is 1.76 bits per heavy atom. The molecular formula is C14H20N2O. The van der Waals surface area contributed by atoms with E-state index in [4.69, 9.17) is 5.73 Å². The van der Waals surface area contributed by atoms with Crippen molar-refractivity contribution in [1.82, 2.24) is 4.90 Å². The van der Waals surface area contributed by atoms with Crippen LogP contribution >= 0.6 is 0 Å². The van der Waals surface area contributed by atoms with Crippen LogP contribution in [0.2, 0.25) is 0 Å². The number of nitrogens with zero attached hydrogens (tertiary/aromatic N) is 1. The first-order chi connectivity index (χ1) is 8.31. The molecule has 0 aromatic heterocycles. The lowest BCUT2D eigenvalue weighted by molar-refractivity contribution is 0.0724. The molecule has 1 aromatic rings. The minimum atomic E-state index is 0.170. The third-order valence-electron chi connectivity index (χ3n) is 3.28. The van der Waals surface area contributed by atoms with Gasteiger partial charge in [-0.05, 0) is 49.9 Å². The predicted molar refractivity (Wildman–Crippen MR) is 69.0 cm³/mol. The van der Waals surface area contributed by atoms with Crippen LogP contribution in [0.15, 0.2) is 24.3 Å². The van der Waals surface area contributed by atoms with Crippen LogP contribution in [0.25, 0.3) is 0 Å². The maximum atomic E-state index is 12.2. The number of benzene rings is 1. The van der Waals surface area contributed by atoms with Crippen LogP contribution in [-0.2, 0) is 6.42 Å². The summed E-state index contributed by atoms with van der Waals surface area (Å²) in [7, 11) is 0. The molecule has 1 amide bonds. The fourth-order valence-electron chi connectivity index (χ4n) is 2.26. The highest BCUT2D eigenvalue weighted by Crippen LogP contribution is 2.13. The van der Waals surface area contributed by atoms with E-state index >= 15 is 0 Å². The highest BCUT2D eigenvalue weighted by atomic mass is 16.2. The highest BCUT2D eigenvalue weighted by Gasteiger charge is 2.17. The average Bonchev–Trinajstić information content (AvgIpc) is 2.40. The molecule has 0 aliphatic carbocycles. The Labute approximate surface area is 103 Å². The third kappa shape index (κ3) is 3.07. The Morgan fingerprint density at radius 1 is 1.12 bits per heavy atom. The summed E-state index contributed by atoms with van der Waals surface area (Å²) in [4.78, 5) is 14.1. The quantitative estimate of drug-likeness (QED) is 0.864. The van der Waals surface area contributed by atoms with Crippen LogP contribution < -0.4 is 5.73 Å². The van der Waals surface area contributed by atoms with E-state index in [1.54, 1.807) is 0 Å². The Morgan fingerprint density at radius 3 is 2.35 bits per heavy atom. The van der Waals surface area contributed by atoms with Gasteiger partial charge in [0.2, 0.25) is 0 Å². The van der Waals surface area contributed by atoms with Crippen molar-refractivity contribution >= 4 is 5.91 Å². The number of likely N-dealkylation sites (tertiary alicyclic amines) is 1. The fourth-order valence-corrected chi connectivity index (χ4v) is 2.26. The first-order valence-corrected chi connectivity index (χ1v) is 6.39. The SMILES string of the molecule is NCCc1ccc(C(=O)N2CCCCC2)cc1. The van der Waals surface area contributed by atoms with Crippen molar-refractivity contribution in [2.24, 2.45) is 5.73 Å². The molecule has 1 heterocycles. The molecule has 3 nitrogen and oxygen atoms in total. The monoisotopic (exact) mass is 232 g/mol. The van der Waals surface area contributed by atoms with Crippen molar-refractivity contribution < 1.29 is 4.79 Å². The van der Waals surface area contributed by atoms with Crippen LogP contribution in [0.4, 0.5) is 0 Å². The Hall–Kier alpha value is -1.35. The molecule has 92 valence electrons. The zero-order valence-corrected chi connectivity index (χ0v) is 10.2. The van der Waals surface area contributed by atoms with Gasteiger partial charge < -0.3 is 10.6 Å². The molecule has 1 fully saturated rings. The molecular weight excluding hydrogens is 212 g/mol. The molecule has 2 N–H and O–H groups in total. The van der Waals surface area contributed by atoms with E-state index in [1.165, 1.54) is 12.0 Å². The molecule has 17 heavy (non-hydrogen) atoms. The van der Waals surface area contributed by atoms with Gasteiger partial charge in [-0.25, -0.2) is 0 Å². The standard InChI is InChI=1S/C14H20N2O/c15-9-8-12-4-6-13(7-5-12)14(17)16-10-2-1-3-11-16/h4-7H,1-3,8-11,15H2. The molecule has 0 atom stereocenters. The van der Waals surface area contributed by atoms with Gasteiger partial charge in [0.25, 0.3) is 5.91 Å². The lowest BCUT2D eigenvalue weighted by Crippen LogP contribution is -2.35. The van der Waals surface area contributed by atoms with Crippen LogP contribution in [0.5, 0.6) is 0 Å². The number of hydrogen-bond acceptors (Lipinski definition) is 2. The second-order valence-electron chi connectivity index (χ2n) is 4.59. The minimum absolute atomic E-state index is 0.170. The van der Waals surface area contributed by atoms with E-state index in [0.29, 0.717) is 6.54 Å². The number of rotatable bonds is 3. The Kier molecular flexibility index (Phi) is 4.15. The number of hydrogen-bond donors (Lipinski definition) is 1. The molecule has 0 saturated carbocycles. The summed E-state index contributed by atoms with van der Waals surface area (Å²) in [5.41, 5.74) is 7.50. The number of amides is 1. The summed E-state index contributed by atoms with van der Waals surface area (Å²) in [6.07, 6.45) is 4.39. The van der Waals surface area contributed by atoms with Gasteiger partial charge in [-0.1, -0.05) is 12.1 Å². The van der Waals surface area contributed by atoms with Gasteiger partial charge in [0.1, 0.15) is 0 Å². The Balaban J connectivity index is 2.03. The van der Waals surface area contributed by atoms with Gasteiger partial charge >= 0.3 is 0 Å². The van der Waals surface area contributed by atoms with Crippen molar-refractivity contribution in [2.45, 2.75) is 25.7 Å². The van der Waals surface area contributed by atoms with E-state index in [1.807, 2.05) is 29.2 Å². The highest BCUT2D eigenvalue weighted by molar-refractivity contribution is 5.94. The summed E-state index contributed by atoms with van der Waals surface area (Å²) in [5, 5.41) is 0. The van der Waals surface area contributed by atoms with Gasteiger partial charge in [0.15, 0.2) is 0 Å². The summed E-state index contributed by atoms with van der Waals surface area (Å²) >= 11 is 0. The molecule has 1 aliphatic rings. The Bertz CT molecular complexity index is 366. The van der Waals surface area contributed by atoms with E-state index in [0.717, 1.165) is 37.9 Å². The van der Waals surface area contributed by atoms with Crippen molar-refractivity contribution in [3.05, 3.63) is 35.4 Å². The number of carbonyl (C=O) groups excluding carboxylic acids is 1. The summed E-state index contributed by atoms with van der Waals surface area (Å²) < 4.78 is 0. The van der Waals surface area contributed by atoms with E-state index in [-0.39, 0.29) is 5.91 Å². The molecule has 2 rings (SSSR count). The molecule has 1 aromatic carbocycles. The molecule has 0 unspecified atom stereocenters. The minimum Gasteiger partial charge on any atom is -0.339 e. The number of nitrogens with two attached hydrogens (primary N) is 1. The van der Waals surface area contributed by atoms with Gasteiger partial charge in [0, 0.05) is 18.7 Å². The van der Waals surface area contributed by atoms with Crippen LogP contribution in [0.1, 0.15) is 35.2 Å². The van der Waals surface area contributed by atoms with Gasteiger partial charge in [-0.3, -0.25) is 4.79 Å². The molecule has 1 aliphatic heterocycles. The van der Waals surface area contributed by atoms with E-state index < -0.39 is 0 Å². The average molecular weight is 232 g/mol. The molecule has 0 spiro atoms. The molecule has 3 heteroatoms. The molecule has 1 saturated heterocycles. The second-order valence-corrected chi connectivity index (χ2v) is 4.59. The second kappa shape index (κ2) is 5.82. The maximum absolute atomic E-state index is 12.2. The van der Waals surface area contributed by atoms with E-state index in [2.05, 4.69) is 0 Å². The smallest absolute Gasteiger partial charge is 0.253 e. The van der Waals surface area contributed by atoms with Gasteiger partial charge in [-0.15, -0.1) is 0 Å². The predicted octanol–water partition coefficient (Wildman–Crippen LogP) is 1.81. The maximum Gasteiger partial charge on any atom is 0.253 e. The first-order valence-electron chi connectivity index (χ1n) is 6.39. The van der Waals surface area contributed by atoms with Crippen LogP contribution in [-0.4, -0.2) is 30.4 Å². The summed E-state index contributed by atoms with van der Waals surface area (Å²) in [6.45, 7) is 2.46. The van der Waals surface area contributed by atoms with Crippen molar-refractivity contribution in [3.63, 3.8) is 0 Å². The normalized spacial score (nSPS) is 15.9. The number of carbonyl (C=O) groups is 1. The summed E-state index contributed by atoms with van der Waals surface area (Å²) in [6, 6.07) is 7.85. The lowest BCUT2D eigenvalue weighted by Gasteiger charge is -2.26. The van der Waals surface area contributed by atoms with E-state index in [9.17, 15) is 4.79 Å². The third-order valence-corrected chi connectivity index (χ3v) is 3.28. The molecule has 0 bridgehead atoms. The topological polar surface area (TPSA) is 46.3 Å².